The van der Waals surface area contributed by atoms with E-state index in [4.69, 9.17) is 10.5 Å². The van der Waals surface area contributed by atoms with Gasteiger partial charge in [0.1, 0.15) is 0 Å². The van der Waals surface area contributed by atoms with Crippen LogP contribution >= 0.6 is 12.4 Å². The quantitative estimate of drug-likeness (QED) is 0.766. The second-order valence-corrected chi connectivity index (χ2v) is 4.58. The highest BCUT2D eigenvalue weighted by Crippen LogP contribution is 2.17. The lowest BCUT2D eigenvalue weighted by molar-refractivity contribution is -0.125. The van der Waals surface area contributed by atoms with Crippen LogP contribution in [0.5, 0.6) is 0 Å². The molecule has 0 aromatic heterocycles. The standard InChI is InChI=1S/C12H24N2O2.ClH/c1-3-12(4-2,9-13)14-11(15)8-10-6-5-7-16-10;/h10H,3-9,13H2,1-2H3,(H,14,15);1H. The zero-order valence-electron chi connectivity index (χ0n) is 10.8. The molecule has 0 saturated carbocycles. The Hall–Kier alpha value is -0.320. The molecule has 1 heterocycles. The van der Waals surface area contributed by atoms with E-state index in [1.807, 2.05) is 0 Å². The molecule has 0 bridgehead atoms. The number of carbonyl (C=O) groups is 1. The SMILES string of the molecule is CCC(CC)(CN)NC(=O)CC1CCCO1.Cl. The molecule has 1 atom stereocenters. The maximum absolute atomic E-state index is 11.8. The second kappa shape index (κ2) is 7.90. The third kappa shape index (κ3) is 4.82. The normalized spacial score (nSPS) is 19.8. The van der Waals surface area contributed by atoms with E-state index in [1.54, 1.807) is 0 Å². The highest BCUT2D eigenvalue weighted by molar-refractivity contribution is 5.85. The van der Waals surface area contributed by atoms with Crippen molar-refractivity contribution in [1.29, 1.82) is 0 Å². The molecule has 1 aliphatic heterocycles. The van der Waals surface area contributed by atoms with Crippen LogP contribution in [0, 0.1) is 0 Å². The highest BCUT2D eigenvalue weighted by Gasteiger charge is 2.28. The third-order valence-corrected chi connectivity index (χ3v) is 3.59. The van der Waals surface area contributed by atoms with Gasteiger partial charge in [0, 0.05) is 13.2 Å². The minimum absolute atomic E-state index is 0. The van der Waals surface area contributed by atoms with E-state index < -0.39 is 0 Å². The van der Waals surface area contributed by atoms with Gasteiger partial charge in [-0.3, -0.25) is 4.79 Å². The Kier molecular flexibility index (Phi) is 7.75. The summed E-state index contributed by atoms with van der Waals surface area (Å²) in [5, 5.41) is 3.06. The van der Waals surface area contributed by atoms with Crippen LogP contribution in [-0.4, -0.2) is 30.7 Å². The summed E-state index contributed by atoms with van der Waals surface area (Å²) in [5.74, 6) is 0.0704. The molecule has 0 spiro atoms. The van der Waals surface area contributed by atoms with E-state index in [-0.39, 0.29) is 30.0 Å². The van der Waals surface area contributed by atoms with Gasteiger partial charge in [0.05, 0.1) is 18.1 Å². The van der Waals surface area contributed by atoms with Crippen molar-refractivity contribution in [3.63, 3.8) is 0 Å². The Balaban J connectivity index is 0.00000256. The molecule has 0 aromatic carbocycles. The van der Waals surface area contributed by atoms with Gasteiger partial charge < -0.3 is 15.8 Å². The van der Waals surface area contributed by atoms with Crippen molar-refractivity contribution in [3.05, 3.63) is 0 Å². The fourth-order valence-corrected chi connectivity index (χ4v) is 2.13. The molecule has 17 heavy (non-hydrogen) atoms. The lowest BCUT2D eigenvalue weighted by Crippen LogP contribution is -2.53. The van der Waals surface area contributed by atoms with Crippen LogP contribution in [-0.2, 0) is 9.53 Å². The molecule has 1 amide bonds. The van der Waals surface area contributed by atoms with Gasteiger partial charge >= 0.3 is 0 Å². The summed E-state index contributed by atoms with van der Waals surface area (Å²) in [6.45, 7) is 5.41. The fraction of sp³-hybridized carbons (Fsp3) is 0.917. The van der Waals surface area contributed by atoms with Crippen molar-refractivity contribution < 1.29 is 9.53 Å². The summed E-state index contributed by atoms with van der Waals surface area (Å²) < 4.78 is 5.45. The van der Waals surface area contributed by atoms with Crippen LogP contribution < -0.4 is 11.1 Å². The number of carbonyl (C=O) groups excluding carboxylic acids is 1. The summed E-state index contributed by atoms with van der Waals surface area (Å²) in [6, 6.07) is 0. The molecule has 3 N–H and O–H groups in total. The smallest absolute Gasteiger partial charge is 0.223 e. The Morgan fingerprint density at radius 3 is 2.53 bits per heavy atom. The van der Waals surface area contributed by atoms with Gasteiger partial charge in [-0.25, -0.2) is 0 Å². The molecule has 1 aliphatic rings. The molecule has 1 saturated heterocycles. The number of hydrogen-bond acceptors (Lipinski definition) is 3. The van der Waals surface area contributed by atoms with Crippen molar-refractivity contribution >= 4 is 18.3 Å². The summed E-state index contributed by atoms with van der Waals surface area (Å²) >= 11 is 0. The molecule has 1 fully saturated rings. The van der Waals surface area contributed by atoms with Gasteiger partial charge in [0.15, 0.2) is 0 Å². The minimum Gasteiger partial charge on any atom is -0.378 e. The number of amides is 1. The minimum atomic E-state index is -0.227. The van der Waals surface area contributed by atoms with Gasteiger partial charge in [-0.1, -0.05) is 13.8 Å². The third-order valence-electron chi connectivity index (χ3n) is 3.59. The Labute approximate surface area is 110 Å². The zero-order valence-corrected chi connectivity index (χ0v) is 11.6. The first kappa shape index (κ1) is 16.7. The lowest BCUT2D eigenvalue weighted by atomic mass is 9.92. The van der Waals surface area contributed by atoms with Crippen LogP contribution in [0.1, 0.15) is 46.0 Å². The summed E-state index contributed by atoms with van der Waals surface area (Å²) in [5.41, 5.74) is 5.51. The van der Waals surface area contributed by atoms with Crippen molar-refractivity contribution in [2.75, 3.05) is 13.2 Å². The van der Waals surface area contributed by atoms with Gasteiger partial charge in [-0.05, 0) is 25.7 Å². The molecule has 1 rings (SSSR count). The van der Waals surface area contributed by atoms with Gasteiger partial charge in [0.25, 0.3) is 0 Å². The van der Waals surface area contributed by atoms with Gasteiger partial charge in [-0.15, -0.1) is 12.4 Å². The first-order chi connectivity index (χ1) is 7.65. The maximum atomic E-state index is 11.8. The van der Waals surface area contributed by atoms with Crippen LogP contribution in [0.4, 0.5) is 0 Å². The van der Waals surface area contributed by atoms with Gasteiger partial charge in [0.2, 0.25) is 5.91 Å². The number of hydrogen-bond donors (Lipinski definition) is 2. The number of nitrogens with one attached hydrogen (secondary N) is 1. The van der Waals surface area contributed by atoms with E-state index in [1.165, 1.54) is 0 Å². The molecule has 102 valence electrons. The monoisotopic (exact) mass is 264 g/mol. The zero-order chi connectivity index (χ0) is 12.0. The number of rotatable bonds is 6. The Morgan fingerprint density at radius 2 is 2.12 bits per heavy atom. The molecule has 1 unspecified atom stereocenters. The second-order valence-electron chi connectivity index (χ2n) is 4.58. The Bertz CT molecular complexity index is 218. The Morgan fingerprint density at radius 1 is 1.47 bits per heavy atom. The lowest BCUT2D eigenvalue weighted by Gasteiger charge is -2.31. The van der Waals surface area contributed by atoms with E-state index >= 15 is 0 Å². The summed E-state index contributed by atoms with van der Waals surface area (Å²) in [4.78, 5) is 11.8. The number of halogens is 1. The van der Waals surface area contributed by atoms with Gasteiger partial charge in [-0.2, -0.15) is 0 Å². The number of nitrogens with two attached hydrogens (primary N) is 1. The summed E-state index contributed by atoms with van der Waals surface area (Å²) in [7, 11) is 0. The largest absolute Gasteiger partial charge is 0.378 e. The first-order valence-corrected chi connectivity index (χ1v) is 6.28. The van der Waals surface area contributed by atoms with E-state index in [2.05, 4.69) is 19.2 Å². The van der Waals surface area contributed by atoms with E-state index in [0.29, 0.717) is 13.0 Å². The molecule has 0 aliphatic carbocycles. The molecular formula is C12H25ClN2O2. The average Bonchev–Trinajstić information content (AvgIpc) is 2.79. The van der Waals surface area contributed by atoms with E-state index in [0.717, 1.165) is 32.3 Å². The molecular weight excluding hydrogens is 240 g/mol. The molecule has 0 radical (unpaired) electrons. The van der Waals surface area contributed by atoms with Crippen molar-refractivity contribution in [1.82, 2.24) is 5.32 Å². The van der Waals surface area contributed by atoms with Crippen LogP contribution in [0.15, 0.2) is 0 Å². The molecule has 4 nitrogen and oxygen atoms in total. The van der Waals surface area contributed by atoms with Crippen molar-refractivity contribution in [2.45, 2.75) is 57.6 Å². The van der Waals surface area contributed by atoms with Crippen molar-refractivity contribution in [2.24, 2.45) is 5.73 Å². The first-order valence-electron chi connectivity index (χ1n) is 6.28. The average molecular weight is 265 g/mol. The highest BCUT2D eigenvalue weighted by atomic mass is 35.5. The predicted octanol–water partition coefficient (Wildman–Crippen LogP) is 1.61. The van der Waals surface area contributed by atoms with Crippen LogP contribution in [0.2, 0.25) is 0 Å². The topological polar surface area (TPSA) is 64.3 Å². The maximum Gasteiger partial charge on any atom is 0.223 e. The van der Waals surface area contributed by atoms with Crippen LogP contribution in [0.25, 0.3) is 0 Å². The molecule has 0 aromatic rings. The summed E-state index contributed by atoms with van der Waals surface area (Å²) in [6.07, 6.45) is 4.41. The van der Waals surface area contributed by atoms with Crippen molar-refractivity contribution in [3.8, 4) is 0 Å². The fourth-order valence-electron chi connectivity index (χ4n) is 2.13. The van der Waals surface area contributed by atoms with Crippen LogP contribution in [0.3, 0.4) is 0 Å². The molecule has 5 heteroatoms. The van der Waals surface area contributed by atoms with E-state index in [9.17, 15) is 4.79 Å². The predicted molar refractivity (Wildman–Crippen MR) is 71.3 cm³/mol. The number of ether oxygens (including phenoxy) is 1.